The second-order valence-electron chi connectivity index (χ2n) is 3.73. The first-order valence-electron chi connectivity index (χ1n) is 5.05. The van der Waals surface area contributed by atoms with E-state index in [2.05, 4.69) is 29.4 Å². The van der Waals surface area contributed by atoms with Crippen LogP contribution >= 0.6 is 0 Å². The molecule has 2 rings (SSSR count). The third-order valence-corrected chi connectivity index (χ3v) is 2.56. The van der Waals surface area contributed by atoms with Crippen LogP contribution in [-0.4, -0.2) is 19.1 Å². The van der Waals surface area contributed by atoms with Crippen LogP contribution in [0, 0.1) is 6.92 Å². The third-order valence-electron chi connectivity index (χ3n) is 2.56. The average molecular weight is 204 g/mol. The Morgan fingerprint density at radius 3 is 2.80 bits per heavy atom. The van der Waals surface area contributed by atoms with Crippen molar-refractivity contribution in [1.82, 2.24) is 10.3 Å². The van der Waals surface area contributed by atoms with E-state index >= 15 is 0 Å². The lowest BCUT2D eigenvalue weighted by Crippen LogP contribution is -2.04. The quantitative estimate of drug-likeness (QED) is 0.804. The monoisotopic (exact) mass is 204 g/mol. The summed E-state index contributed by atoms with van der Waals surface area (Å²) in [6.07, 6.45) is 0. The number of aromatic amines is 1. The summed E-state index contributed by atoms with van der Waals surface area (Å²) >= 11 is 0. The van der Waals surface area contributed by atoms with E-state index in [1.807, 2.05) is 13.1 Å². The first kappa shape index (κ1) is 10.1. The summed E-state index contributed by atoms with van der Waals surface area (Å²) in [5, 5.41) is 4.34. The lowest BCUT2D eigenvalue weighted by atomic mass is 10.1. The van der Waals surface area contributed by atoms with Gasteiger partial charge in [-0.1, -0.05) is 0 Å². The molecule has 0 bridgehead atoms. The molecule has 2 N–H and O–H groups in total. The van der Waals surface area contributed by atoms with E-state index in [0.29, 0.717) is 0 Å². The Balaban J connectivity index is 2.54. The Bertz CT molecular complexity index is 474. The molecule has 2 aromatic rings. The van der Waals surface area contributed by atoms with Gasteiger partial charge in [-0.3, -0.25) is 0 Å². The summed E-state index contributed by atoms with van der Waals surface area (Å²) in [7, 11) is 3.64. The minimum atomic E-state index is 0.858. The van der Waals surface area contributed by atoms with Crippen molar-refractivity contribution in [2.24, 2.45) is 0 Å². The van der Waals surface area contributed by atoms with E-state index in [1.54, 1.807) is 7.11 Å². The Hall–Kier alpha value is -1.48. The Morgan fingerprint density at radius 2 is 2.13 bits per heavy atom. The van der Waals surface area contributed by atoms with Crippen molar-refractivity contribution in [1.29, 1.82) is 0 Å². The minimum absolute atomic E-state index is 0.858. The summed E-state index contributed by atoms with van der Waals surface area (Å²) < 4.78 is 5.24. The maximum Gasteiger partial charge on any atom is 0.119 e. The second-order valence-corrected chi connectivity index (χ2v) is 3.73. The van der Waals surface area contributed by atoms with Crippen molar-refractivity contribution < 1.29 is 4.74 Å². The van der Waals surface area contributed by atoms with Gasteiger partial charge in [0.05, 0.1) is 7.11 Å². The molecule has 15 heavy (non-hydrogen) atoms. The summed E-state index contributed by atoms with van der Waals surface area (Å²) in [5.41, 5.74) is 3.61. The number of aryl methyl sites for hydroxylation is 1. The summed E-state index contributed by atoms with van der Waals surface area (Å²) in [5.74, 6) is 0.912. The molecule has 0 spiro atoms. The first-order chi connectivity index (χ1) is 7.24. The van der Waals surface area contributed by atoms with Crippen LogP contribution in [0.2, 0.25) is 0 Å². The van der Waals surface area contributed by atoms with Crippen LogP contribution in [0.5, 0.6) is 5.75 Å². The molecule has 3 nitrogen and oxygen atoms in total. The number of nitrogens with one attached hydrogen (secondary N) is 2. The van der Waals surface area contributed by atoms with Gasteiger partial charge in [0.15, 0.2) is 0 Å². The fourth-order valence-corrected chi connectivity index (χ4v) is 1.85. The molecule has 3 heteroatoms. The van der Waals surface area contributed by atoms with Crippen LogP contribution in [0.15, 0.2) is 18.2 Å². The zero-order chi connectivity index (χ0) is 10.8. The summed E-state index contributed by atoms with van der Waals surface area (Å²) in [4.78, 5) is 3.40. The van der Waals surface area contributed by atoms with Crippen LogP contribution in [0.25, 0.3) is 10.9 Å². The van der Waals surface area contributed by atoms with Crippen LogP contribution < -0.4 is 10.1 Å². The molecule has 0 fully saturated rings. The number of ether oxygens (including phenoxy) is 1. The highest BCUT2D eigenvalue weighted by Crippen LogP contribution is 2.25. The van der Waals surface area contributed by atoms with Gasteiger partial charge in [-0.25, -0.2) is 0 Å². The van der Waals surface area contributed by atoms with E-state index < -0.39 is 0 Å². The van der Waals surface area contributed by atoms with Gasteiger partial charge in [0.2, 0.25) is 0 Å². The predicted octanol–water partition coefficient (Wildman–Crippen LogP) is 2.20. The fourth-order valence-electron chi connectivity index (χ4n) is 1.85. The molecule has 1 aromatic heterocycles. The molecule has 0 aliphatic carbocycles. The van der Waals surface area contributed by atoms with Crippen LogP contribution in [0.1, 0.15) is 11.3 Å². The van der Waals surface area contributed by atoms with E-state index in [9.17, 15) is 0 Å². The number of benzene rings is 1. The molecule has 0 atom stereocenters. The molecule has 0 unspecified atom stereocenters. The number of methoxy groups -OCH3 is 1. The second kappa shape index (κ2) is 3.95. The summed E-state index contributed by atoms with van der Waals surface area (Å²) in [6.45, 7) is 2.95. The molecule has 0 aliphatic rings. The number of fused-ring (bicyclic) bond motifs is 1. The van der Waals surface area contributed by atoms with Gasteiger partial charge in [0.1, 0.15) is 5.75 Å². The van der Waals surface area contributed by atoms with Crippen molar-refractivity contribution in [3.8, 4) is 5.75 Å². The molecule has 0 aliphatic heterocycles. The Labute approximate surface area is 89.4 Å². The number of hydrogen-bond acceptors (Lipinski definition) is 2. The third kappa shape index (κ3) is 1.83. The zero-order valence-electron chi connectivity index (χ0n) is 9.35. The largest absolute Gasteiger partial charge is 0.497 e. The molecule has 0 radical (unpaired) electrons. The highest BCUT2D eigenvalue weighted by atomic mass is 16.5. The van der Waals surface area contributed by atoms with Gasteiger partial charge >= 0.3 is 0 Å². The number of rotatable bonds is 3. The average Bonchev–Trinajstić information content (AvgIpc) is 2.61. The Morgan fingerprint density at radius 1 is 1.33 bits per heavy atom. The molecule has 0 amide bonds. The Kier molecular flexibility index (Phi) is 2.64. The fraction of sp³-hybridized carbons (Fsp3) is 0.333. The highest BCUT2D eigenvalue weighted by molar-refractivity contribution is 5.85. The maximum absolute atomic E-state index is 5.24. The van der Waals surface area contributed by atoms with Gasteiger partial charge in [-0.2, -0.15) is 0 Å². The predicted molar refractivity (Wildman–Crippen MR) is 62.4 cm³/mol. The lowest BCUT2D eigenvalue weighted by Gasteiger charge is -2.02. The molecule has 1 heterocycles. The van der Waals surface area contributed by atoms with Gasteiger partial charge < -0.3 is 15.0 Å². The van der Waals surface area contributed by atoms with Crippen molar-refractivity contribution >= 4 is 10.9 Å². The lowest BCUT2D eigenvalue weighted by molar-refractivity contribution is 0.415. The maximum atomic E-state index is 5.24. The van der Waals surface area contributed by atoms with E-state index in [4.69, 9.17) is 4.74 Å². The van der Waals surface area contributed by atoms with Crippen molar-refractivity contribution in [2.75, 3.05) is 14.2 Å². The van der Waals surface area contributed by atoms with Gasteiger partial charge in [-0.15, -0.1) is 0 Å². The van der Waals surface area contributed by atoms with Crippen molar-refractivity contribution in [3.05, 3.63) is 29.5 Å². The number of aromatic nitrogens is 1. The van der Waals surface area contributed by atoms with Gasteiger partial charge in [0, 0.05) is 23.1 Å². The number of H-pyrrole nitrogens is 1. The van der Waals surface area contributed by atoms with Gasteiger partial charge in [-0.05, 0) is 37.7 Å². The number of hydrogen-bond donors (Lipinski definition) is 2. The van der Waals surface area contributed by atoms with Crippen molar-refractivity contribution in [3.63, 3.8) is 0 Å². The van der Waals surface area contributed by atoms with E-state index in [1.165, 1.54) is 22.2 Å². The van der Waals surface area contributed by atoms with Gasteiger partial charge in [0.25, 0.3) is 0 Å². The van der Waals surface area contributed by atoms with Crippen LogP contribution in [0.3, 0.4) is 0 Å². The van der Waals surface area contributed by atoms with Crippen molar-refractivity contribution in [2.45, 2.75) is 13.5 Å². The smallest absolute Gasteiger partial charge is 0.119 e. The van der Waals surface area contributed by atoms with Crippen LogP contribution in [0.4, 0.5) is 0 Å². The first-order valence-corrected chi connectivity index (χ1v) is 5.05. The topological polar surface area (TPSA) is 37.0 Å². The standard InChI is InChI=1S/C12H16N2O/c1-8-4-11(15-3)6-9-5-10(7-13-2)14-12(8)9/h4-6,13-14H,7H2,1-3H3. The SMILES string of the molecule is CNCc1cc2cc(OC)cc(C)c2[nH]1. The summed E-state index contributed by atoms with van der Waals surface area (Å²) in [6, 6.07) is 6.25. The minimum Gasteiger partial charge on any atom is -0.497 e. The highest BCUT2D eigenvalue weighted by Gasteiger charge is 2.04. The van der Waals surface area contributed by atoms with E-state index in [-0.39, 0.29) is 0 Å². The molecule has 0 saturated carbocycles. The normalized spacial score (nSPS) is 10.9. The zero-order valence-corrected chi connectivity index (χ0v) is 9.35. The van der Waals surface area contributed by atoms with Crippen LogP contribution in [-0.2, 0) is 6.54 Å². The molecular formula is C12H16N2O. The molecular weight excluding hydrogens is 188 g/mol. The molecule has 0 saturated heterocycles. The van der Waals surface area contributed by atoms with E-state index in [0.717, 1.165) is 12.3 Å². The molecule has 80 valence electrons. The molecule has 1 aromatic carbocycles.